The van der Waals surface area contributed by atoms with Crippen molar-refractivity contribution in [2.75, 3.05) is 11.2 Å². The smallest absolute Gasteiger partial charge is 0.205 e. The van der Waals surface area contributed by atoms with Gasteiger partial charge >= 0.3 is 0 Å². The van der Waals surface area contributed by atoms with Gasteiger partial charge in [-0.15, -0.1) is 11.3 Å². The number of hydrazone groups is 1. The second-order valence-corrected chi connectivity index (χ2v) is 6.35. The fourth-order valence-corrected chi connectivity index (χ4v) is 2.63. The van der Waals surface area contributed by atoms with Crippen molar-refractivity contribution in [3.8, 4) is 5.75 Å². The highest BCUT2D eigenvalue weighted by Crippen LogP contribution is 2.20. The average Bonchev–Trinajstić information content (AvgIpc) is 3.01. The average molecular weight is 377 g/mol. The first-order valence-electron chi connectivity index (χ1n) is 7.27. The molecule has 0 saturated carbocycles. The summed E-state index contributed by atoms with van der Waals surface area (Å²) in [5.74, 6) is 0.139. The van der Waals surface area contributed by atoms with Crippen LogP contribution in [0.4, 0.5) is 15.3 Å². The molecule has 25 heavy (non-hydrogen) atoms. The van der Waals surface area contributed by atoms with Crippen LogP contribution in [-0.2, 0) is 6.61 Å². The number of nitrogens with one attached hydrogen (secondary N) is 1. The Morgan fingerprint density at radius 3 is 2.76 bits per heavy atom. The molecule has 5 nitrogen and oxygen atoms in total. The van der Waals surface area contributed by atoms with Gasteiger partial charge in [0.25, 0.3) is 0 Å². The van der Waals surface area contributed by atoms with E-state index in [1.165, 1.54) is 23.6 Å². The Labute approximate surface area is 152 Å². The van der Waals surface area contributed by atoms with Crippen LogP contribution in [0.25, 0.3) is 0 Å². The summed E-state index contributed by atoms with van der Waals surface area (Å²) in [4.78, 5) is 4.00. The van der Waals surface area contributed by atoms with Gasteiger partial charge in [-0.25, -0.2) is 9.37 Å². The van der Waals surface area contributed by atoms with E-state index in [9.17, 15) is 4.39 Å². The molecule has 1 heterocycles. The lowest BCUT2D eigenvalue weighted by atomic mass is 10.2. The van der Waals surface area contributed by atoms with Crippen molar-refractivity contribution in [2.24, 2.45) is 5.10 Å². The number of aromatic nitrogens is 1. The number of benzene rings is 2. The van der Waals surface area contributed by atoms with Gasteiger partial charge in [-0.1, -0.05) is 23.7 Å². The molecule has 3 rings (SSSR count). The molecule has 1 aromatic heterocycles. The molecule has 2 aromatic carbocycles. The molecule has 0 atom stereocenters. The highest BCUT2D eigenvalue weighted by molar-refractivity contribution is 7.14. The highest BCUT2D eigenvalue weighted by atomic mass is 35.5. The topological polar surface area (TPSA) is 72.5 Å². The van der Waals surface area contributed by atoms with Gasteiger partial charge in [0.15, 0.2) is 11.6 Å². The number of ether oxygens (including phenoxy) is 1. The highest BCUT2D eigenvalue weighted by Gasteiger charge is 2.05. The predicted molar refractivity (Wildman–Crippen MR) is 99.9 cm³/mol. The number of nitrogens with zero attached hydrogens (tertiary/aromatic N) is 2. The third kappa shape index (κ3) is 4.91. The van der Waals surface area contributed by atoms with Gasteiger partial charge in [-0.05, 0) is 41.5 Å². The zero-order chi connectivity index (χ0) is 17.6. The lowest BCUT2D eigenvalue weighted by Gasteiger charge is -2.08. The standard InChI is InChI=1S/C17H14ClFN4OS/c18-13-4-1-11(2-5-13)9-24-15-6-3-12(7-14(15)19)8-21-23-17-22-16(20)10-25-17/h1-8,10H,9,20H2,(H,22,23). The summed E-state index contributed by atoms with van der Waals surface area (Å²) in [6, 6.07) is 11.8. The van der Waals surface area contributed by atoms with Gasteiger partial charge in [0.2, 0.25) is 5.13 Å². The van der Waals surface area contributed by atoms with Crippen molar-refractivity contribution in [1.29, 1.82) is 0 Å². The van der Waals surface area contributed by atoms with E-state index in [0.29, 0.717) is 21.5 Å². The third-order valence-corrected chi connectivity index (χ3v) is 4.18. The van der Waals surface area contributed by atoms with Crippen LogP contribution in [0.3, 0.4) is 0 Å². The molecule has 0 bridgehead atoms. The molecule has 0 saturated heterocycles. The Morgan fingerprint density at radius 2 is 2.08 bits per heavy atom. The zero-order valence-electron chi connectivity index (χ0n) is 12.9. The molecule has 8 heteroatoms. The number of anilines is 2. The minimum absolute atomic E-state index is 0.174. The maximum Gasteiger partial charge on any atom is 0.205 e. The van der Waals surface area contributed by atoms with E-state index in [0.717, 1.165) is 5.56 Å². The molecule has 0 amide bonds. The number of hydrogen-bond donors (Lipinski definition) is 2. The molecule has 128 valence electrons. The van der Waals surface area contributed by atoms with E-state index in [4.69, 9.17) is 22.1 Å². The zero-order valence-corrected chi connectivity index (χ0v) is 14.5. The SMILES string of the molecule is Nc1csc(NN=Cc2ccc(OCc3ccc(Cl)cc3)c(F)c2)n1. The summed E-state index contributed by atoms with van der Waals surface area (Å²) >= 11 is 7.16. The Kier molecular flexibility index (Phi) is 5.47. The fraction of sp³-hybridized carbons (Fsp3) is 0.0588. The lowest BCUT2D eigenvalue weighted by molar-refractivity contribution is 0.290. The van der Waals surface area contributed by atoms with Gasteiger partial charge in [0.05, 0.1) is 6.21 Å². The van der Waals surface area contributed by atoms with Crippen molar-refractivity contribution in [3.63, 3.8) is 0 Å². The largest absolute Gasteiger partial charge is 0.486 e. The van der Waals surface area contributed by atoms with Crippen LogP contribution in [-0.4, -0.2) is 11.2 Å². The van der Waals surface area contributed by atoms with Crippen LogP contribution < -0.4 is 15.9 Å². The van der Waals surface area contributed by atoms with E-state index in [1.807, 2.05) is 12.1 Å². The second-order valence-electron chi connectivity index (χ2n) is 5.05. The maximum atomic E-state index is 14.1. The number of nitrogens with two attached hydrogens (primary N) is 1. The third-order valence-electron chi connectivity index (χ3n) is 3.16. The van der Waals surface area contributed by atoms with Crippen molar-refractivity contribution >= 4 is 40.1 Å². The summed E-state index contributed by atoms with van der Waals surface area (Å²) in [7, 11) is 0. The van der Waals surface area contributed by atoms with Gasteiger partial charge < -0.3 is 10.5 Å². The van der Waals surface area contributed by atoms with Crippen LogP contribution in [0.5, 0.6) is 5.75 Å². The maximum absolute atomic E-state index is 14.1. The van der Waals surface area contributed by atoms with Crippen LogP contribution in [0, 0.1) is 5.82 Å². The molecule has 3 N–H and O–H groups in total. The fourth-order valence-electron chi connectivity index (χ4n) is 1.96. The number of nitrogen functional groups attached to an aromatic ring is 1. The summed E-state index contributed by atoms with van der Waals surface area (Å²) in [5, 5.41) is 6.91. The van der Waals surface area contributed by atoms with E-state index >= 15 is 0 Å². The summed E-state index contributed by atoms with van der Waals surface area (Å²) in [6.07, 6.45) is 1.49. The van der Waals surface area contributed by atoms with Crippen molar-refractivity contribution in [2.45, 2.75) is 6.61 Å². The summed E-state index contributed by atoms with van der Waals surface area (Å²) in [5.41, 5.74) is 9.74. The normalized spacial score (nSPS) is 11.0. The molecule has 0 radical (unpaired) electrons. The molecular weight excluding hydrogens is 363 g/mol. The van der Waals surface area contributed by atoms with Gasteiger partial charge in [-0.3, -0.25) is 5.43 Å². The van der Waals surface area contributed by atoms with Gasteiger partial charge in [-0.2, -0.15) is 5.10 Å². The Bertz CT molecular complexity index is 883. The quantitative estimate of drug-likeness (QED) is 0.489. The number of hydrogen-bond acceptors (Lipinski definition) is 6. The minimum Gasteiger partial charge on any atom is -0.486 e. The number of halogens is 2. The Balaban J connectivity index is 1.59. The first kappa shape index (κ1) is 17.2. The number of thiazole rings is 1. The molecule has 0 aliphatic rings. The van der Waals surface area contributed by atoms with Gasteiger partial charge in [0, 0.05) is 10.4 Å². The molecule has 3 aromatic rings. The van der Waals surface area contributed by atoms with Crippen LogP contribution >= 0.6 is 22.9 Å². The van der Waals surface area contributed by atoms with Crippen molar-refractivity contribution in [3.05, 3.63) is 69.8 Å². The van der Waals surface area contributed by atoms with Crippen LogP contribution in [0.2, 0.25) is 5.02 Å². The van der Waals surface area contributed by atoms with E-state index < -0.39 is 5.82 Å². The molecular formula is C17H14ClFN4OS. The molecule has 0 unspecified atom stereocenters. The summed E-state index contributed by atoms with van der Waals surface area (Å²) in [6.45, 7) is 0.258. The number of rotatable bonds is 6. The minimum atomic E-state index is -0.462. The molecule has 0 spiro atoms. The lowest BCUT2D eigenvalue weighted by Crippen LogP contribution is -1.98. The van der Waals surface area contributed by atoms with E-state index in [1.54, 1.807) is 29.6 Å². The van der Waals surface area contributed by atoms with E-state index in [-0.39, 0.29) is 12.4 Å². The molecule has 0 aliphatic carbocycles. The Hall–Kier alpha value is -2.64. The second kappa shape index (κ2) is 7.96. The monoisotopic (exact) mass is 376 g/mol. The van der Waals surface area contributed by atoms with Crippen LogP contribution in [0.15, 0.2) is 52.9 Å². The van der Waals surface area contributed by atoms with Crippen molar-refractivity contribution in [1.82, 2.24) is 4.98 Å². The Morgan fingerprint density at radius 1 is 1.28 bits per heavy atom. The predicted octanol–water partition coefficient (Wildman–Crippen LogP) is 4.54. The first-order valence-corrected chi connectivity index (χ1v) is 8.53. The van der Waals surface area contributed by atoms with Gasteiger partial charge in [0.1, 0.15) is 12.4 Å². The van der Waals surface area contributed by atoms with Crippen LogP contribution in [0.1, 0.15) is 11.1 Å². The molecule has 0 fully saturated rings. The molecule has 0 aliphatic heterocycles. The first-order chi connectivity index (χ1) is 12.1. The summed E-state index contributed by atoms with van der Waals surface area (Å²) < 4.78 is 19.6. The van der Waals surface area contributed by atoms with E-state index in [2.05, 4.69) is 15.5 Å². The van der Waals surface area contributed by atoms with Crippen molar-refractivity contribution < 1.29 is 9.13 Å².